The van der Waals surface area contributed by atoms with Gasteiger partial charge in [0.25, 0.3) is 0 Å². The third-order valence-electron chi connectivity index (χ3n) is 3.10. The molecule has 0 amide bonds. The summed E-state index contributed by atoms with van der Waals surface area (Å²) in [5.74, 6) is 0.275. The van der Waals surface area contributed by atoms with Crippen LogP contribution in [0.4, 0.5) is 8.63 Å². The summed E-state index contributed by atoms with van der Waals surface area (Å²) in [4.78, 5) is 5.78. The maximum Gasteiger partial charge on any atom is 0.726 e. The standard InChI is InChI=1S/C13H12BF2N2O2/c1-2-9-12(10-5-3-7-17-10)19-14(15,16)20-13(9)11-6-4-8-18-11/h3-8,17H,2H2,1H3/q-1/p+1/b13-11-. The Labute approximate surface area is 114 Å². The van der Waals surface area contributed by atoms with Gasteiger partial charge in [-0.05, 0) is 18.6 Å². The van der Waals surface area contributed by atoms with Crippen LogP contribution < -0.4 is 4.99 Å². The lowest BCUT2D eigenvalue weighted by atomic mass is 10.00. The lowest BCUT2D eigenvalue weighted by Gasteiger charge is -2.36. The average molecular weight is 278 g/mol. The van der Waals surface area contributed by atoms with Crippen molar-refractivity contribution in [1.82, 2.24) is 4.98 Å². The molecular weight excluding hydrogens is 265 g/mol. The second-order valence-corrected chi connectivity index (χ2v) is 4.43. The Balaban J connectivity index is 2.19. The van der Waals surface area contributed by atoms with Crippen LogP contribution in [-0.4, -0.2) is 18.3 Å². The minimum atomic E-state index is -4.38. The van der Waals surface area contributed by atoms with E-state index in [2.05, 4.69) is 9.98 Å². The first-order valence-corrected chi connectivity index (χ1v) is 6.36. The Morgan fingerprint density at radius 1 is 1.30 bits per heavy atom. The van der Waals surface area contributed by atoms with E-state index in [1.807, 2.05) is 6.92 Å². The molecule has 104 valence electrons. The van der Waals surface area contributed by atoms with E-state index in [4.69, 9.17) is 9.31 Å². The van der Waals surface area contributed by atoms with E-state index in [9.17, 15) is 8.63 Å². The summed E-state index contributed by atoms with van der Waals surface area (Å²) in [7, 11) is -4.38. The van der Waals surface area contributed by atoms with E-state index in [1.54, 1.807) is 36.7 Å². The summed E-state index contributed by atoms with van der Waals surface area (Å²) < 4.78 is 37.0. The number of halogens is 2. The highest BCUT2D eigenvalue weighted by atomic mass is 19.3. The largest absolute Gasteiger partial charge is 0.726 e. The summed E-state index contributed by atoms with van der Waals surface area (Å²) in [6.45, 7) is 1.87. The van der Waals surface area contributed by atoms with Crippen molar-refractivity contribution in [2.75, 3.05) is 0 Å². The fraction of sp³-hybridized carbons (Fsp3) is 0.154. The lowest BCUT2D eigenvalue weighted by Crippen LogP contribution is -2.64. The first kappa shape index (κ1) is 12.7. The molecule has 3 heterocycles. The van der Waals surface area contributed by atoms with Gasteiger partial charge < -0.3 is 22.9 Å². The monoisotopic (exact) mass is 278 g/mol. The van der Waals surface area contributed by atoms with Gasteiger partial charge in [-0.2, -0.15) is 0 Å². The summed E-state index contributed by atoms with van der Waals surface area (Å²) in [5, 5.41) is 0. The third-order valence-corrected chi connectivity index (χ3v) is 3.10. The van der Waals surface area contributed by atoms with Gasteiger partial charge in [-0.1, -0.05) is 6.92 Å². The fourth-order valence-electron chi connectivity index (χ4n) is 2.26. The molecule has 0 radical (unpaired) electrons. The van der Waals surface area contributed by atoms with Crippen molar-refractivity contribution >= 4 is 19.1 Å². The van der Waals surface area contributed by atoms with Crippen molar-refractivity contribution in [1.29, 1.82) is 0 Å². The maximum absolute atomic E-state index is 13.7. The van der Waals surface area contributed by atoms with Crippen molar-refractivity contribution in [2.24, 2.45) is 0 Å². The predicted octanol–water partition coefficient (Wildman–Crippen LogP) is 1.49. The minimum Gasteiger partial charge on any atom is -0.626 e. The molecule has 0 atom stereocenters. The molecule has 0 unspecified atom stereocenters. The lowest BCUT2D eigenvalue weighted by molar-refractivity contribution is -0.383. The van der Waals surface area contributed by atoms with Crippen molar-refractivity contribution in [2.45, 2.75) is 13.3 Å². The fourth-order valence-corrected chi connectivity index (χ4v) is 2.26. The van der Waals surface area contributed by atoms with Crippen LogP contribution in [0, 0.1) is 0 Å². The third kappa shape index (κ3) is 2.15. The van der Waals surface area contributed by atoms with Crippen LogP contribution in [-0.2, 0) is 9.31 Å². The normalized spacial score (nSPS) is 23.9. The van der Waals surface area contributed by atoms with Gasteiger partial charge >= 0.3 is 7.11 Å². The zero-order valence-corrected chi connectivity index (χ0v) is 10.8. The molecule has 0 spiro atoms. The number of hydrogen-bond acceptors (Lipinski definition) is 2. The van der Waals surface area contributed by atoms with Gasteiger partial charge in [0.15, 0.2) is 12.0 Å². The first-order chi connectivity index (χ1) is 9.61. The van der Waals surface area contributed by atoms with Gasteiger partial charge in [0.05, 0.1) is 5.69 Å². The van der Waals surface area contributed by atoms with Crippen LogP contribution in [0.1, 0.15) is 19.0 Å². The Hall–Kier alpha value is -2.31. The van der Waals surface area contributed by atoms with Gasteiger partial charge in [0, 0.05) is 23.9 Å². The number of rotatable bonds is 2. The molecule has 2 aliphatic heterocycles. The number of aromatic amines is 1. The molecule has 3 rings (SSSR count). The van der Waals surface area contributed by atoms with E-state index in [1.165, 1.54) is 0 Å². The molecule has 7 heteroatoms. The van der Waals surface area contributed by atoms with Crippen LogP contribution >= 0.6 is 0 Å². The van der Waals surface area contributed by atoms with Crippen LogP contribution in [0.3, 0.4) is 0 Å². The summed E-state index contributed by atoms with van der Waals surface area (Å²) in [6.07, 6.45) is 7.25. The molecule has 0 bridgehead atoms. The van der Waals surface area contributed by atoms with Crippen molar-refractivity contribution in [3.63, 3.8) is 0 Å². The average Bonchev–Trinajstić information content (AvgIpc) is 3.10. The SMILES string of the molecule is CCC1=C(c2ccc[nH]2)O[B-](F)(F)O/C1=C1/C=CC=[NH+]1. The van der Waals surface area contributed by atoms with E-state index >= 15 is 0 Å². The van der Waals surface area contributed by atoms with Crippen LogP contribution in [0.25, 0.3) is 5.76 Å². The molecule has 0 aromatic carbocycles. The second kappa shape index (κ2) is 4.66. The van der Waals surface area contributed by atoms with Gasteiger partial charge in [0.1, 0.15) is 5.76 Å². The minimum absolute atomic E-state index is 0.137. The molecule has 0 saturated heterocycles. The Morgan fingerprint density at radius 3 is 2.70 bits per heavy atom. The van der Waals surface area contributed by atoms with Gasteiger partial charge in [0.2, 0.25) is 5.70 Å². The molecule has 0 aliphatic carbocycles. The maximum atomic E-state index is 13.7. The van der Waals surface area contributed by atoms with E-state index < -0.39 is 7.11 Å². The van der Waals surface area contributed by atoms with Crippen molar-refractivity contribution in [3.8, 4) is 0 Å². The summed E-state index contributed by atoms with van der Waals surface area (Å²) >= 11 is 0. The zero-order chi connectivity index (χ0) is 14.2. The van der Waals surface area contributed by atoms with E-state index in [0.717, 1.165) is 0 Å². The van der Waals surface area contributed by atoms with Crippen LogP contribution in [0.5, 0.6) is 0 Å². The van der Waals surface area contributed by atoms with Crippen LogP contribution in [0.2, 0.25) is 0 Å². The Kier molecular flexibility index (Phi) is 2.96. The predicted molar refractivity (Wildman–Crippen MR) is 71.3 cm³/mol. The van der Waals surface area contributed by atoms with Crippen LogP contribution in [0.15, 0.2) is 47.5 Å². The quantitative estimate of drug-likeness (QED) is 0.805. The van der Waals surface area contributed by atoms with Gasteiger partial charge in [-0.25, -0.2) is 4.99 Å². The molecular formula is C13H13BF2N2O2. The topological polar surface area (TPSA) is 48.2 Å². The molecule has 0 saturated carbocycles. The molecule has 1 aromatic rings. The van der Waals surface area contributed by atoms with Gasteiger partial charge in [-0.3, -0.25) is 0 Å². The molecule has 4 nitrogen and oxygen atoms in total. The van der Waals surface area contributed by atoms with E-state index in [0.29, 0.717) is 23.4 Å². The molecule has 1 aromatic heterocycles. The number of H-pyrrole nitrogens is 1. The highest BCUT2D eigenvalue weighted by molar-refractivity contribution is 6.54. The summed E-state index contributed by atoms with van der Waals surface area (Å²) in [5.41, 5.74) is 1.62. The molecule has 0 fully saturated rings. The second-order valence-electron chi connectivity index (χ2n) is 4.43. The molecule has 2 aliphatic rings. The highest BCUT2D eigenvalue weighted by Gasteiger charge is 2.42. The van der Waals surface area contributed by atoms with Crippen molar-refractivity contribution in [3.05, 3.63) is 53.2 Å². The smallest absolute Gasteiger partial charge is 0.626 e. The zero-order valence-electron chi connectivity index (χ0n) is 10.8. The van der Waals surface area contributed by atoms with Crippen molar-refractivity contribution < 1.29 is 22.9 Å². The number of aromatic nitrogens is 1. The first-order valence-electron chi connectivity index (χ1n) is 6.36. The highest BCUT2D eigenvalue weighted by Crippen LogP contribution is 2.38. The Morgan fingerprint density at radius 2 is 2.10 bits per heavy atom. The molecule has 2 N–H and O–H groups in total. The summed E-state index contributed by atoms with van der Waals surface area (Å²) in [6, 6.07) is 3.42. The van der Waals surface area contributed by atoms with E-state index in [-0.39, 0.29) is 11.5 Å². The number of nitrogens with one attached hydrogen (secondary N) is 2. The number of hydrogen-bond donors (Lipinski definition) is 2. The Bertz CT molecular complexity index is 631. The number of allylic oxidation sites excluding steroid dienone is 3. The molecule has 20 heavy (non-hydrogen) atoms. The van der Waals surface area contributed by atoms with Gasteiger partial charge in [-0.15, -0.1) is 0 Å².